The van der Waals surface area contributed by atoms with E-state index in [2.05, 4.69) is 17.6 Å². The molecular formula is C31H50N2O10. The minimum atomic E-state index is -1.13. The van der Waals surface area contributed by atoms with Gasteiger partial charge in [-0.1, -0.05) is 41.5 Å². The number of carbonyl (C=O) groups is 4. The highest BCUT2D eigenvalue weighted by molar-refractivity contribution is 5.91. The molecule has 0 aromatic rings. The Labute approximate surface area is 254 Å². The molecule has 2 bridgehead atoms. The fourth-order valence-corrected chi connectivity index (χ4v) is 7.35. The van der Waals surface area contributed by atoms with Crippen LogP contribution in [0.4, 0.5) is 0 Å². The van der Waals surface area contributed by atoms with E-state index in [0.717, 1.165) is 19.3 Å². The van der Waals surface area contributed by atoms with E-state index >= 15 is 0 Å². The summed E-state index contributed by atoms with van der Waals surface area (Å²) in [6.07, 6.45) is 2.01. The number of ether oxygens (including phenoxy) is 3. The fraction of sp³-hybridized carbons (Fsp3) is 0.871. The van der Waals surface area contributed by atoms with Gasteiger partial charge in [-0.15, -0.1) is 0 Å². The van der Waals surface area contributed by atoms with E-state index in [9.17, 15) is 24.3 Å². The average Bonchev–Trinajstić information content (AvgIpc) is 3.14. The first-order valence-electron chi connectivity index (χ1n) is 15.9. The lowest BCUT2D eigenvalue weighted by molar-refractivity contribution is -0.576. The summed E-state index contributed by atoms with van der Waals surface area (Å²) in [5, 5.41) is 14.7. The van der Waals surface area contributed by atoms with Gasteiger partial charge in [0.2, 0.25) is 23.9 Å². The molecule has 244 valence electrons. The molecule has 4 saturated heterocycles. The van der Waals surface area contributed by atoms with Crippen molar-refractivity contribution in [1.82, 2.24) is 10.6 Å². The number of carboxylic acid groups (broad SMARTS) is 1. The number of rotatable bonds is 12. The van der Waals surface area contributed by atoms with Gasteiger partial charge < -0.3 is 30.0 Å². The molecule has 0 aromatic heterocycles. The molecule has 1 saturated carbocycles. The Morgan fingerprint density at radius 3 is 2.23 bits per heavy atom. The number of hydrogen-bond donors (Lipinski definition) is 3. The normalized spacial score (nSPS) is 36.3. The van der Waals surface area contributed by atoms with Crippen molar-refractivity contribution in [3.8, 4) is 0 Å². The second-order valence-electron chi connectivity index (χ2n) is 14.0. The molecule has 0 unspecified atom stereocenters. The third kappa shape index (κ3) is 7.34. The Bertz CT molecular complexity index is 1050. The van der Waals surface area contributed by atoms with Crippen LogP contribution in [0.25, 0.3) is 0 Å². The van der Waals surface area contributed by atoms with Crippen molar-refractivity contribution in [2.45, 2.75) is 136 Å². The second kappa shape index (κ2) is 13.4. The van der Waals surface area contributed by atoms with Crippen LogP contribution in [0.5, 0.6) is 0 Å². The SMILES string of the molecule is CC(C)C[C@H](NC(=O)[C@H](CC(C)C)NC(=O)CCC(=O)O[C@@H]1O[C@H]2O[C@]3(C)CC[C@H]4[C@H](C)CC[C@@H]([C@H]1C)[C@@]24OO3)C(=O)O. The maximum Gasteiger partial charge on any atom is 0.326 e. The van der Waals surface area contributed by atoms with Crippen LogP contribution in [0, 0.1) is 35.5 Å². The number of carboxylic acids is 1. The first-order chi connectivity index (χ1) is 20.1. The van der Waals surface area contributed by atoms with Gasteiger partial charge >= 0.3 is 11.9 Å². The van der Waals surface area contributed by atoms with Gasteiger partial charge in [0.15, 0.2) is 11.9 Å². The van der Waals surface area contributed by atoms with E-state index in [4.69, 9.17) is 24.0 Å². The van der Waals surface area contributed by atoms with Crippen LogP contribution in [0.1, 0.15) is 99.8 Å². The molecule has 1 spiro atoms. The molecule has 0 radical (unpaired) electrons. The Hall–Kier alpha value is -2.28. The third-order valence-corrected chi connectivity index (χ3v) is 9.58. The van der Waals surface area contributed by atoms with Crippen LogP contribution in [-0.2, 0) is 43.2 Å². The number of fused-ring (bicyclic) bond motifs is 2. The predicted octanol–water partition coefficient (Wildman–Crippen LogP) is 3.66. The van der Waals surface area contributed by atoms with E-state index in [1.165, 1.54) is 0 Å². The molecule has 0 aromatic carbocycles. The quantitative estimate of drug-likeness (QED) is 0.220. The molecule has 12 nitrogen and oxygen atoms in total. The molecule has 43 heavy (non-hydrogen) atoms. The largest absolute Gasteiger partial charge is 0.480 e. The van der Waals surface area contributed by atoms with Crippen molar-refractivity contribution < 1.29 is 48.3 Å². The molecule has 4 aliphatic heterocycles. The van der Waals surface area contributed by atoms with Crippen LogP contribution in [0.3, 0.4) is 0 Å². The summed E-state index contributed by atoms with van der Waals surface area (Å²) in [4.78, 5) is 62.3. The van der Waals surface area contributed by atoms with Crippen LogP contribution in [-0.4, -0.2) is 64.9 Å². The first-order valence-corrected chi connectivity index (χ1v) is 15.9. The number of esters is 1. The van der Waals surface area contributed by atoms with Crippen molar-refractivity contribution in [2.75, 3.05) is 0 Å². The number of hydrogen-bond acceptors (Lipinski definition) is 9. The highest BCUT2D eigenvalue weighted by Gasteiger charge is 2.69. The maximum atomic E-state index is 12.9. The molecule has 10 atom stereocenters. The van der Waals surface area contributed by atoms with Gasteiger partial charge in [-0.2, -0.15) is 0 Å². The molecule has 4 heterocycles. The summed E-state index contributed by atoms with van der Waals surface area (Å²) >= 11 is 0. The second-order valence-corrected chi connectivity index (χ2v) is 14.0. The zero-order valence-corrected chi connectivity index (χ0v) is 26.6. The van der Waals surface area contributed by atoms with Gasteiger partial charge in [0.05, 0.1) is 6.42 Å². The fourth-order valence-electron chi connectivity index (χ4n) is 7.35. The molecular weight excluding hydrogens is 560 g/mol. The number of nitrogens with one attached hydrogen (secondary N) is 2. The van der Waals surface area contributed by atoms with Gasteiger partial charge in [0.1, 0.15) is 12.1 Å². The highest BCUT2D eigenvalue weighted by Crippen LogP contribution is 2.60. The van der Waals surface area contributed by atoms with Gasteiger partial charge in [0, 0.05) is 24.7 Å². The van der Waals surface area contributed by atoms with Crippen LogP contribution in [0.15, 0.2) is 0 Å². The van der Waals surface area contributed by atoms with E-state index in [0.29, 0.717) is 18.8 Å². The van der Waals surface area contributed by atoms with Gasteiger partial charge in [-0.25, -0.2) is 14.6 Å². The first kappa shape index (κ1) is 33.6. The number of amides is 2. The topological polar surface area (TPSA) is 159 Å². The lowest BCUT2D eigenvalue weighted by Crippen LogP contribution is -2.70. The highest BCUT2D eigenvalue weighted by atomic mass is 17.3. The lowest BCUT2D eigenvalue weighted by atomic mass is 9.58. The molecule has 12 heteroatoms. The standard InChI is InChI=1S/C31H50N2O10/c1-16(2)14-22(26(36)33-23(27(37)38)15-17(3)4)32-24(34)10-11-25(35)39-28-19(6)21-9-8-18(5)20-12-13-30(7)41-29(40-28)31(20,21)43-42-30/h16-23,28-29H,8-15H2,1-7H3,(H,32,34)(H,33,36)(H,37,38)/t18-,19-,20+,21+,22+,23+,28-,29+,30+,31-/m1/s1. The van der Waals surface area contributed by atoms with Gasteiger partial charge in [0.25, 0.3) is 0 Å². The minimum Gasteiger partial charge on any atom is -0.480 e. The molecule has 3 N–H and O–H groups in total. The summed E-state index contributed by atoms with van der Waals surface area (Å²) in [6.45, 7) is 13.6. The van der Waals surface area contributed by atoms with E-state index < -0.39 is 59.8 Å². The third-order valence-electron chi connectivity index (χ3n) is 9.58. The Morgan fingerprint density at radius 2 is 1.58 bits per heavy atom. The molecule has 5 aliphatic rings. The number of aliphatic carboxylic acids is 1. The molecule has 5 rings (SSSR count). The van der Waals surface area contributed by atoms with E-state index in [-0.39, 0.29) is 48.9 Å². The maximum absolute atomic E-state index is 12.9. The van der Waals surface area contributed by atoms with Gasteiger partial charge in [-0.3, -0.25) is 14.4 Å². The summed E-state index contributed by atoms with van der Waals surface area (Å²) in [5.74, 6) is -3.21. The predicted molar refractivity (Wildman–Crippen MR) is 153 cm³/mol. The monoisotopic (exact) mass is 610 g/mol. The van der Waals surface area contributed by atoms with Crippen LogP contribution < -0.4 is 10.6 Å². The summed E-state index contributed by atoms with van der Waals surface area (Å²) in [6, 6.07) is -1.98. The zero-order chi connectivity index (χ0) is 31.7. The van der Waals surface area contributed by atoms with E-state index in [1.54, 1.807) is 0 Å². The lowest BCUT2D eigenvalue weighted by Gasteiger charge is -2.59. The Balaban J connectivity index is 1.34. The zero-order valence-electron chi connectivity index (χ0n) is 26.6. The van der Waals surface area contributed by atoms with Crippen molar-refractivity contribution in [3.05, 3.63) is 0 Å². The van der Waals surface area contributed by atoms with Crippen LogP contribution in [0.2, 0.25) is 0 Å². The number of carbonyl (C=O) groups excluding carboxylic acids is 3. The van der Waals surface area contributed by atoms with Crippen molar-refractivity contribution in [2.24, 2.45) is 35.5 Å². The minimum absolute atomic E-state index is 0.00294. The Morgan fingerprint density at radius 1 is 0.907 bits per heavy atom. The Kier molecular flexibility index (Phi) is 10.5. The molecule has 2 amide bonds. The van der Waals surface area contributed by atoms with Crippen LogP contribution >= 0.6 is 0 Å². The molecule has 5 fully saturated rings. The average molecular weight is 611 g/mol. The smallest absolute Gasteiger partial charge is 0.326 e. The summed E-state index contributed by atoms with van der Waals surface area (Å²) < 4.78 is 18.4. The summed E-state index contributed by atoms with van der Waals surface area (Å²) in [7, 11) is 0. The van der Waals surface area contributed by atoms with Crippen molar-refractivity contribution in [3.63, 3.8) is 0 Å². The molecule has 1 aliphatic carbocycles. The summed E-state index contributed by atoms with van der Waals surface area (Å²) in [5.41, 5.74) is -0.767. The van der Waals surface area contributed by atoms with Crippen molar-refractivity contribution in [1.29, 1.82) is 0 Å². The van der Waals surface area contributed by atoms with E-state index in [1.807, 2.05) is 41.5 Å². The van der Waals surface area contributed by atoms with Gasteiger partial charge in [-0.05, 0) is 62.7 Å². The van der Waals surface area contributed by atoms with Crippen molar-refractivity contribution >= 4 is 23.8 Å².